The summed E-state index contributed by atoms with van der Waals surface area (Å²) in [6.45, 7) is 2.48. The molecule has 0 radical (unpaired) electrons. The van der Waals surface area contributed by atoms with Gasteiger partial charge in [-0.3, -0.25) is 4.90 Å². The molecule has 2 aromatic heterocycles. The Labute approximate surface area is 158 Å². The highest BCUT2D eigenvalue weighted by molar-refractivity contribution is 5.58. The minimum Gasteiger partial charge on any atom is -0.460 e. The Morgan fingerprint density at radius 2 is 2.00 bits per heavy atom. The molecule has 1 aromatic carbocycles. The fraction of sp³-hybridized carbons (Fsp3) is 0.381. The SMILES string of the molecule is Cn1ccnc1C(O)C1CCN(Cc2ccc(-c3ccccc3F)o2)CC1. The first-order valence-corrected chi connectivity index (χ1v) is 9.33. The van der Waals surface area contributed by atoms with Crippen LogP contribution in [0.4, 0.5) is 4.39 Å². The molecule has 1 aliphatic rings. The molecule has 1 aliphatic heterocycles. The molecule has 1 fully saturated rings. The van der Waals surface area contributed by atoms with Crippen molar-refractivity contribution in [2.45, 2.75) is 25.5 Å². The van der Waals surface area contributed by atoms with Gasteiger partial charge in [0.15, 0.2) is 0 Å². The summed E-state index contributed by atoms with van der Waals surface area (Å²) < 4.78 is 21.6. The summed E-state index contributed by atoms with van der Waals surface area (Å²) in [5, 5.41) is 10.6. The summed E-state index contributed by atoms with van der Waals surface area (Å²) >= 11 is 0. The number of aryl methyl sites for hydroxylation is 1. The second-order valence-electron chi connectivity index (χ2n) is 7.20. The minimum absolute atomic E-state index is 0.216. The molecule has 5 nitrogen and oxygen atoms in total. The smallest absolute Gasteiger partial charge is 0.137 e. The Balaban J connectivity index is 1.35. The van der Waals surface area contributed by atoms with E-state index in [0.29, 0.717) is 17.9 Å². The normalized spacial score (nSPS) is 17.3. The minimum atomic E-state index is -0.525. The number of aromatic nitrogens is 2. The average Bonchev–Trinajstić information content (AvgIpc) is 3.31. The third-order valence-electron chi connectivity index (χ3n) is 5.38. The Bertz CT molecular complexity index is 896. The molecular formula is C21H24FN3O2. The third kappa shape index (κ3) is 3.82. The van der Waals surface area contributed by atoms with E-state index in [2.05, 4.69) is 9.88 Å². The summed E-state index contributed by atoms with van der Waals surface area (Å²) in [6.07, 6.45) is 4.88. The van der Waals surface area contributed by atoms with Crippen LogP contribution >= 0.6 is 0 Å². The maximum absolute atomic E-state index is 13.9. The number of piperidine rings is 1. The molecule has 1 atom stereocenters. The lowest BCUT2D eigenvalue weighted by Crippen LogP contribution is -2.35. The molecule has 3 aromatic rings. The van der Waals surface area contributed by atoms with Crippen molar-refractivity contribution < 1.29 is 13.9 Å². The van der Waals surface area contributed by atoms with Gasteiger partial charge < -0.3 is 14.1 Å². The van der Waals surface area contributed by atoms with Gasteiger partial charge in [-0.2, -0.15) is 0 Å². The number of hydrogen-bond acceptors (Lipinski definition) is 4. The van der Waals surface area contributed by atoms with Gasteiger partial charge in [0.25, 0.3) is 0 Å². The fourth-order valence-electron chi connectivity index (χ4n) is 3.79. The van der Waals surface area contributed by atoms with E-state index in [1.54, 1.807) is 24.4 Å². The van der Waals surface area contributed by atoms with E-state index in [1.807, 2.05) is 29.9 Å². The highest BCUT2D eigenvalue weighted by Gasteiger charge is 2.28. The van der Waals surface area contributed by atoms with E-state index < -0.39 is 6.10 Å². The van der Waals surface area contributed by atoms with Gasteiger partial charge in [-0.1, -0.05) is 12.1 Å². The predicted molar refractivity (Wildman–Crippen MR) is 100 cm³/mol. The van der Waals surface area contributed by atoms with Crippen molar-refractivity contribution in [3.8, 4) is 11.3 Å². The molecule has 1 saturated heterocycles. The predicted octanol–water partition coefficient (Wildman–Crippen LogP) is 3.76. The van der Waals surface area contributed by atoms with Gasteiger partial charge in [0, 0.05) is 19.4 Å². The van der Waals surface area contributed by atoms with Gasteiger partial charge in [-0.05, 0) is 56.1 Å². The molecule has 3 heterocycles. The number of rotatable bonds is 5. The van der Waals surface area contributed by atoms with Crippen molar-refractivity contribution in [1.82, 2.24) is 14.5 Å². The Kier molecular flexibility index (Phi) is 5.09. The molecular weight excluding hydrogens is 345 g/mol. The zero-order valence-corrected chi connectivity index (χ0v) is 15.4. The van der Waals surface area contributed by atoms with Crippen molar-refractivity contribution in [3.63, 3.8) is 0 Å². The summed E-state index contributed by atoms with van der Waals surface area (Å²) in [4.78, 5) is 6.58. The number of imidazole rings is 1. The Morgan fingerprint density at radius 1 is 1.22 bits per heavy atom. The van der Waals surface area contributed by atoms with Crippen molar-refractivity contribution >= 4 is 0 Å². The lowest BCUT2D eigenvalue weighted by atomic mass is 9.90. The summed E-state index contributed by atoms with van der Waals surface area (Å²) in [7, 11) is 1.91. The van der Waals surface area contributed by atoms with E-state index in [1.165, 1.54) is 6.07 Å². The van der Waals surface area contributed by atoms with Gasteiger partial charge in [-0.15, -0.1) is 0 Å². The van der Waals surface area contributed by atoms with Crippen LogP contribution in [0, 0.1) is 11.7 Å². The van der Waals surface area contributed by atoms with Gasteiger partial charge in [-0.25, -0.2) is 9.37 Å². The first-order chi connectivity index (χ1) is 13.1. The van der Waals surface area contributed by atoms with Crippen LogP contribution < -0.4 is 0 Å². The van der Waals surface area contributed by atoms with E-state index >= 15 is 0 Å². The number of aliphatic hydroxyl groups is 1. The maximum atomic E-state index is 13.9. The van der Waals surface area contributed by atoms with Crippen LogP contribution in [0.3, 0.4) is 0 Å². The number of nitrogens with zero attached hydrogens (tertiary/aromatic N) is 3. The molecule has 4 rings (SSSR count). The largest absolute Gasteiger partial charge is 0.460 e. The van der Waals surface area contributed by atoms with Crippen LogP contribution in [0.15, 0.2) is 53.2 Å². The van der Waals surface area contributed by atoms with E-state index in [0.717, 1.165) is 37.5 Å². The fourth-order valence-corrected chi connectivity index (χ4v) is 3.79. The molecule has 142 valence electrons. The molecule has 0 spiro atoms. The third-order valence-corrected chi connectivity index (χ3v) is 5.38. The summed E-state index contributed by atoms with van der Waals surface area (Å²) in [6, 6.07) is 10.4. The van der Waals surface area contributed by atoms with Crippen molar-refractivity contribution in [1.29, 1.82) is 0 Å². The lowest BCUT2D eigenvalue weighted by molar-refractivity contribution is 0.0476. The zero-order valence-electron chi connectivity index (χ0n) is 15.4. The number of halogens is 1. The molecule has 6 heteroatoms. The molecule has 0 amide bonds. The second kappa shape index (κ2) is 7.66. The van der Waals surface area contributed by atoms with Crippen molar-refractivity contribution in [3.05, 3.63) is 66.2 Å². The number of likely N-dealkylation sites (tertiary alicyclic amines) is 1. The average molecular weight is 369 g/mol. The van der Waals surface area contributed by atoms with E-state index in [-0.39, 0.29) is 11.7 Å². The van der Waals surface area contributed by atoms with Crippen LogP contribution in [-0.2, 0) is 13.6 Å². The van der Waals surface area contributed by atoms with Crippen LogP contribution in [0.2, 0.25) is 0 Å². The quantitative estimate of drug-likeness (QED) is 0.744. The van der Waals surface area contributed by atoms with Crippen LogP contribution in [0.1, 0.15) is 30.5 Å². The lowest BCUT2D eigenvalue weighted by Gasteiger charge is -2.33. The van der Waals surface area contributed by atoms with Crippen LogP contribution in [0.25, 0.3) is 11.3 Å². The molecule has 1 unspecified atom stereocenters. The highest BCUT2D eigenvalue weighted by atomic mass is 19.1. The van der Waals surface area contributed by atoms with Crippen molar-refractivity contribution in [2.75, 3.05) is 13.1 Å². The van der Waals surface area contributed by atoms with Gasteiger partial charge in [0.1, 0.15) is 29.3 Å². The summed E-state index contributed by atoms with van der Waals surface area (Å²) in [5.74, 6) is 2.06. The molecule has 27 heavy (non-hydrogen) atoms. The zero-order chi connectivity index (χ0) is 18.8. The Hall–Kier alpha value is -2.44. The monoisotopic (exact) mass is 369 g/mol. The van der Waals surface area contributed by atoms with Gasteiger partial charge in [0.05, 0.1) is 12.1 Å². The second-order valence-corrected chi connectivity index (χ2v) is 7.20. The Morgan fingerprint density at radius 3 is 2.70 bits per heavy atom. The standard InChI is InChI=1S/C21H24FN3O2/c1-24-13-10-23-21(24)20(26)15-8-11-25(12-9-15)14-16-6-7-19(27-16)17-4-2-3-5-18(17)22/h2-7,10,13,15,20,26H,8-9,11-12,14H2,1H3. The van der Waals surface area contributed by atoms with Crippen LogP contribution in [-0.4, -0.2) is 32.6 Å². The number of aliphatic hydroxyl groups excluding tert-OH is 1. The van der Waals surface area contributed by atoms with Crippen molar-refractivity contribution in [2.24, 2.45) is 13.0 Å². The van der Waals surface area contributed by atoms with E-state index in [4.69, 9.17) is 4.42 Å². The molecule has 0 saturated carbocycles. The van der Waals surface area contributed by atoms with E-state index in [9.17, 15) is 9.50 Å². The topological polar surface area (TPSA) is 54.4 Å². The number of hydrogen-bond donors (Lipinski definition) is 1. The molecule has 0 aliphatic carbocycles. The first kappa shape index (κ1) is 17.9. The number of furan rings is 1. The van der Waals surface area contributed by atoms with Crippen LogP contribution in [0.5, 0.6) is 0 Å². The van der Waals surface area contributed by atoms with Gasteiger partial charge >= 0.3 is 0 Å². The summed E-state index contributed by atoms with van der Waals surface area (Å²) in [5.41, 5.74) is 0.487. The maximum Gasteiger partial charge on any atom is 0.137 e. The number of benzene rings is 1. The highest BCUT2D eigenvalue weighted by Crippen LogP contribution is 2.31. The first-order valence-electron chi connectivity index (χ1n) is 9.33. The van der Waals surface area contributed by atoms with Gasteiger partial charge in [0.2, 0.25) is 0 Å². The molecule has 1 N–H and O–H groups in total. The molecule has 0 bridgehead atoms.